The van der Waals surface area contributed by atoms with Gasteiger partial charge in [-0.15, -0.1) is 0 Å². The molecule has 1 amide bonds. The van der Waals surface area contributed by atoms with E-state index < -0.39 is 0 Å². The van der Waals surface area contributed by atoms with Gasteiger partial charge in [0, 0.05) is 22.4 Å². The Morgan fingerprint density at radius 1 is 1.28 bits per heavy atom. The van der Waals surface area contributed by atoms with Crippen molar-refractivity contribution < 1.29 is 4.79 Å². The van der Waals surface area contributed by atoms with Crippen LogP contribution in [0.5, 0.6) is 0 Å². The van der Waals surface area contributed by atoms with Crippen LogP contribution in [0.2, 0.25) is 5.02 Å². The van der Waals surface area contributed by atoms with Gasteiger partial charge in [0.2, 0.25) is 5.56 Å². The van der Waals surface area contributed by atoms with Crippen LogP contribution < -0.4 is 10.9 Å². The Hall–Kier alpha value is -1.59. The van der Waals surface area contributed by atoms with Crippen molar-refractivity contribution in [1.29, 1.82) is 0 Å². The minimum absolute atomic E-state index is 0.252. The number of carbonyl (C=O) groups excluding carboxylic acids is 1. The van der Waals surface area contributed by atoms with E-state index >= 15 is 0 Å². The van der Waals surface area contributed by atoms with E-state index in [0.717, 1.165) is 4.47 Å². The highest BCUT2D eigenvalue weighted by Crippen LogP contribution is 2.25. The number of aromatic nitrogens is 1. The number of H-pyrrole nitrogens is 1. The molecule has 2 rings (SSSR count). The van der Waals surface area contributed by atoms with Crippen molar-refractivity contribution in [2.24, 2.45) is 0 Å². The van der Waals surface area contributed by atoms with Gasteiger partial charge in [-0.1, -0.05) is 11.6 Å². The standard InChI is InChI=1S/C12H8BrClN2O2/c13-9-3-2-8(5-10(9)14)16-12(18)7-1-4-11(17)15-6-7/h1-6H,(H,15,17)(H,16,18). The Balaban J connectivity index is 2.18. The first kappa shape index (κ1) is 12.9. The van der Waals surface area contributed by atoms with E-state index in [9.17, 15) is 9.59 Å². The van der Waals surface area contributed by atoms with Crippen molar-refractivity contribution in [3.05, 3.63) is 61.9 Å². The molecule has 0 aliphatic heterocycles. The topological polar surface area (TPSA) is 62.0 Å². The molecule has 0 atom stereocenters. The third kappa shape index (κ3) is 3.00. The zero-order valence-electron chi connectivity index (χ0n) is 9.04. The highest BCUT2D eigenvalue weighted by molar-refractivity contribution is 9.10. The van der Waals surface area contributed by atoms with Gasteiger partial charge in [0.25, 0.3) is 5.91 Å². The Kier molecular flexibility index (Phi) is 3.84. The summed E-state index contributed by atoms with van der Waals surface area (Å²) in [5.41, 5.74) is 0.700. The molecule has 0 bridgehead atoms. The van der Waals surface area contributed by atoms with E-state index in [1.165, 1.54) is 18.3 Å². The van der Waals surface area contributed by atoms with Crippen molar-refractivity contribution in [3.63, 3.8) is 0 Å². The number of hydrogen-bond donors (Lipinski definition) is 2. The Bertz CT molecular complexity index is 634. The lowest BCUT2D eigenvalue weighted by molar-refractivity contribution is 0.102. The lowest BCUT2D eigenvalue weighted by Crippen LogP contribution is -2.14. The number of benzene rings is 1. The molecule has 2 N–H and O–H groups in total. The number of anilines is 1. The predicted molar refractivity (Wildman–Crippen MR) is 74.2 cm³/mol. The van der Waals surface area contributed by atoms with Crippen LogP contribution in [0.4, 0.5) is 5.69 Å². The quantitative estimate of drug-likeness (QED) is 0.890. The van der Waals surface area contributed by atoms with Crippen molar-refractivity contribution >= 4 is 39.1 Å². The van der Waals surface area contributed by atoms with Gasteiger partial charge >= 0.3 is 0 Å². The average molecular weight is 328 g/mol. The zero-order valence-corrected chi connectivity index (χ0v) is 11.4. The highest BCUT2D eigenvalue weighted by Gasteiger charge is 2.07. The first-order valence-corrected chi connectivity index (χ1v) is 6.18. The molecule has 0 saturated carbocycles. The summed E-state index contributed by atoms with van der Waals surface area (Å²) in [6.07, 6.45) is 1.36. The molecule has 18 heavy (non-hydrogen) atoms. The van der Waals surface area contributed by atoms with Gasteiger partial charge in [0.1, 0.15) is 0 Å². The number of carbonyl (C=O) groups is 1. The first-order chi connectivity index (χ1) is 8.56. The molecule has 1 heterocycles. The van der Waals surface area contributed by atoms with E-state index in [-0.39, 0.29) is 11.5 Å². The summed E-state index contributed by atoms with van der Waals surface area (Å²) in [4.78, 5) is 25.1. The van der Waals surface area contributed by atoms with E-state index in [1.807, 2.05) is 0 Å². The maximum atomic E-state index is 11.8. The Morgan fingerprint density at radius 2 is 2.06 bits per heavy atom. The van der Waals surface area contributed by atoms with E-state index in [1.54, 1.807) is 18.2 Å². The SMILES string of the molecule is O=C(Nc1ccc(Br)c(Cl)c1)c1ccc(=O)[nH]c1. The molecule has 0 spiro atoms. The number of aromatic amines is 1. The smallest absolute Gasteiger partial charge is 0.257 e. The number of pyridine rings is 1. The second-order valence-corrected chi connectivity index (χ2v) is 4.79. The molecule has 0 fully saturated rings. The van der Waals surface area contributed by atoms with Crippen LogP contribution in [0.25, 0.3) is 0 Å². The molecule has 0 unspecified atom stereocenters. The zero-order chi connectivity index (χ0) is 13.1. The third-order valence-corrected chi connectivity index (χ3v) is 3.46. The normalized spacial score (nSPS) is 10.1. The van der Waals surface area contributed by atoms with Crippen LogP contribution in [0, 0.1) is 0 Å². The number of hydrogen-bond acceptors (Lipinski definition) is 2. The fourth-order valence-electron chi connectivity index (χ4n) is 1.33. The van der Waals surface area contributed by atoms with Crippen LogP contribution in [-0.2, 0) is 0 Å². The Labute approximate surface area is 116 Å². The number of halogens is 2. The van der Waals surface area contributed by atoms with Crippen LogP contribution >= 0.6 is 27.5 Å². The van der Waals surface area contributed by atoms with Crippen LogP contribution in [0.1, 0.15) is 10.4 Å². The summed E-state index contributed by atoms with van der Waals surface area (Å²) < 4.78 is 0.756. The molecule has 1 aromatic heterocycles. The monoisotopic (exact) mass is 326 g/mol. The van der Waals surface area contributed by atoms with Gasteiger partial charge in [-0.05, 0) is 40.2 Å². The number of rotatable bonds is 2. The fourth-order valence-corrected chi connectivity index (χ4v) is 1.76. The summed E-state index contributed by atoms with van der Waals surface area (Å²) in [6.45, 7) is 0. The molecule has 92 valence electrons. The van der Waals surface area contributed by atoms with Gasteiger partial charge in [-0.25, -0.2) is 0 Å². The minimum Gasteiger partial charge on any atom is -0.328 e. The van der Waals surface area contributed by atoms with Gasteiger partial charge in [-0.3, -0.25) is 9.59 Å². The molecular weight excluding hydrogens is 320 g/mol. The second-order valence-electron chi connectivity index (χ2n) is 3.52. The molecule has 0 radical (unpaired) electrons. The largest absolute Gasteiger partial charge is 0.328 e. The van der Waals surface area contributed by atoms with Crippen LogP contribution in [0.3, 0.4) is 0 Å². The maximum Gasteiger partial charge on any atom is 0.257 e. The second kappa shape index (κ2) is 5.37. The van der Waals surface area contributed by atoms with Gasteiger partial charge in [0.05, 0.1) is 10.6 Å². The molecule has 6 heteroatoms. The van der Waals surface area contributed by atoms with Crippen molar-refractivity contribution in [2.75, 3.05) is 5.32 Å². The molecule has 1 aromatic carbocycles. The predicted octanol–water partition coefficient (Wildman–Crippen LogP) is 3.04. The van der Waals surface area contributed by atoms with E-state index in [4.69, 9.17) is 11.6 Å². The van der Waals surface area contributed by atoms with Crippen molar-refractivity contribution in [2.45, 2.75) is 0 Å². The van der Waals surface area contributed by atoms with Crippen LogP contribution in [0.15, 0.2) is 45.8 Å². The minimum atomic E-state index is -0.315. The Morgan fingerprint density at radius 3 is 2.67 bits per heavy atom. The summed E-state index contributed by atoms with van der Waals surface area (Å²) >= 11 is 9.18. The van der Waals surface area contributed by atoms with Crippen molar-refractivity contribution in [1.82, 2.24) is 4.98 Å². The summed E-state index contributed by atoms with van der Waals surface area (Å²) in [5.74, 6) is -0.315. The summed E-state index contributed by atoms with van der Waals surface area (Å²) in [6, 6.07) is 7.84. The number of amides is 1. The lowest BCUT2D eigenvalue weighted by Gasteiger charge is -2.06. The molecule has 2 aromatic rings. The number of nitrogens with one attached hydrogen (secondary N) is 2. The molecule has 0 saturated heterocycles. The average Bonchev–Trinajstić information content (AvgIpc) is 2.34. The molecule has 0 aliphatic carbocycles. The van der Waals surface area contributed by atoms with E-state index in [2.05, 4.69) is 26.2 Å². The fraction of sp³-hybridized carbons (Fsp3) is 0. The third-order valence-electron chi connectivity index (χ3n) is 2.22. The highest BCUT2D eigenvalue weighted by atomic mass is 79.9. The van der Waals surface area contributed by atoms with Gasteiger partial charge in [0.15, 0.2) is 0 Å². The lowest BCUT2D eigenvalue weighted by atomic mass is 10.2. The summed E-state index contributed by atoms with van der Waals surface area (Å²) in [5, 5.41) is 3.19. The molecule has 0 aliphatic rings. The molecular formula is C12H8BrClN2O2. The van der Waals surface area contributed by atoms with Crippen molar-refractivity contribution in [3.8, 4) is 0 Å². The molecule has 4 nitrogen and oxygen atoms in total. The first-order valence-electron chi connectivity index (χ1n) is 5.01. The maximum absolute atomic E-state index is 11.8. The summed E-state index contributed by atoms with van der Waals surface area (Å²) in [7, 11) is 0. The van der Waals surface area contributed by atoms with E-state index in [0.29, 0.717) is 16.3 Å². The van der Waals surface area contributed by atoms with Gasteiger partial charge < -0.3 is 10.3 Å². The van der Waals surface area contributed by atoms with Crippen LogP contribution in [-0.4, -0.2) is 10.9 Å². The van der Waals surface area contributed by atoms with Gasteiger partial charge in [-0.2, -0.15) is 0 Å².